The Morgan fingerprint density at radius 1 is 0.800 bits per heavy atom. The van der Waals surface area contributed by atoms with Gasteiger partial charge in [-0.3, -0.25) is 3.11 Å². The molecule has 25 heavy (non-hydrogen) atoms. The van der Waals surface area contributed by atoms with E-state index in [9.17, 15) is 0 Å². The van der Waals surface area contributed by atoms with Crippen molar-refractivity contribution < 1.29 is 4.42 Å². The van der Waals surface area contributed by atoms with Crippen molar-refractivity contribution in [3.8, 4) is 0 Å². The third-order valence-electron chi connectivity index (χ3n) is 4.68. The molecule has 0 unspecified atom stereocenters. The maximum atomic E-state index is 6.31. The molecule has 4 rings (SSSR count). The Bertz CT molecular complexity index is 1060. The van der Waals surface area contributed by atoms with E-state index < -0.39 is 0 Å². The average Bonchev–Trinajstić information content (AvgIpc) is 3.01. The fourth-order valence-electron chi connectivity index (χ4n) is 3.39. The number of furan rings is 1. The smallest absolute Gasteiger partial charge is 0.159 e. The molecule has 4 aromatic rings. The van der Waals surface area contributed by atoms with Crippen LogP contribution in [0.1, 0.15) is 30.9 Å². The molecule has 0 saturated carbocycles. The molecule has 0 aliphatic carbocycles. The van der Waals surface area contributed by atoms with Crippen LogP contribution in [0.15, 0.2) is 65.1 Å². The second-order valence-electron chi connectivity index (χ2n) is 6.70. The fourth-order valence-corrected chi connectivity index (χ4v) is 4.20. The molecule has 0 spiro atoms. The van der Waals surface area contributed by atoms with E-state index >= 15 is 0 Å². The van der Waals surface area contributed by atoms with E-state index in [1.165, 1.54) is 27.6 Å². The van der Waals surface area contributed by atoms with Crippen LogP contribution in [0.25, 0.3) is 21.9 Å². The Morgan fingerprint density at radius 2 is 1.44 bits per heavy atom. The molecule has 1 aromatic heterocycles. The third kappa shape index (κ3) is 2.71. The molecule has 1 heterocycles. The lowest BCUT2D eigenvalue weighted by molar-refractivity contribution is 0.666. The van der Waals surface area contributed by atoms with Gasteiger partial charge in [-0.25, -0.2) is 0 Å². The molecule has 0 atom stereocenters. The van der Waals surface area contributed by atoms with E-state index in [-0.39, 0.29) is 0 Å². The van der Waals surface area contributed by atoms with E-state index in [1.807, 2.05) is 0 Å². The topological polar surface area (TPSA) is 16.4 Å². The summed E-state index contributed by atoms with van der Waals surface area (Å²) in [7, 11) is 0. The number of anilines is 2. The first-order chi connectivity index (χ1) is 12.1. The van der Waals surface area contributed by atoms with E-state index in [4.69, 9.17) is 4.42 Å². The van der Waals surface area contributed by atoms with E-state index in [2.05, 4.69) is 107 Å². The van der Waals surface area contributed by atoms with Crippen LogP contribution in [-0.4, -0.2) is 0 Å². The highest BCUT2D eigenvalue weighted by molar-refractivity contribution is 14.1. The molecule has 0 bridgehead atoms. The van der Waals surface area contributed by atoms with Crippen molar-refractivity contribution >= 4 is 56.2 Å². The van der Waals surface area contributed by atoms with Crippen molar-refractivity contribution in [3.05, 3.63) is 71.8 Å². The summed E-state index contributed by atoms with van der Waals surface area (Å²) < 4.78 is 8.53. The van der Waals surface area contributed by atoms with E-state index in [1.54, 1.807) is 0 Å². The number of fused-ring (bicyclic) bond motifs is 3. The molecule has 0 aliphatic heterocycles. The van der Waals surface area contributed by atoms with Crippen molar-refractivity contribution in [3.63, 3.8) is 0 Å². The van der Waals surface area contributed by atoms with Gasteiger partial charge in [0, 0.05) is 10.8 Å². The Labute approximate surface area is 161 Å². The van der Waals surface area contributed by atoms with E-state index in [0.717, 1.165) is 16.9 Å². The molecular weight excluding hydrogens is 421 g/mol. The van der Waals surface area contributed by atoms with Crippen LogP contribution in [0.4, 0.5) is 11.4 Å². The third-order valence-corrected chi connectivity index (χ3v) is 5.72. The quantitative estimate of drug-likeness (QED) is 0.242. The van der Waals surface area contributed by atoms with Gasteiger partial charge >= 0.3 is 0 Å². The first kappa shape index (κ1) is 16.5. The van der Waals surface area contributed by atoms with Crippen LogP contribution in [0.5, 0.6) is 0 Å². The summed E-state index contributed by atoms with van der Waals surface area (Å²) in [5.74, 6) is 0.464. The van der Waals surface area contributed by atoms with Gasteiger partial charge in [0.1, 0.15) is 5.58 Å². The minimum Gasteiger partial charge on any atom is -0.454 e. The second-order valence-corrected chi connectivity index (χ2v) is 7.67. The fraction of sp³-hybridized carbons (Fsp3) is 0.182. The molecule has 3 heteroatoms. The summed E-state index contributed by atoms with van der Waals surface area (Å²) in [4.78, 5) is 0. The Kier molecular flexibility index (Phi) is 4.20. The summed E-state index contributed by atoms with van der Waals surface area (Å²) in [6.07, 6.45) is 0. The van der Waals surface area contributed by atoms with Gasteiger partial charge < -0.3 is 4.42 Å². The summed E-state index contributed by atoms with van der Waals surface area (Å²) >= 11 is 2.39. The minimum absolute atomic E-state index is 0.464. The Balaban J connectivity index is 1.96. The molecule has 0 amide bonds. The molecule has 126 valence electrons. The number of benzene rings is 3. The summed E-state index contributed by atoms with van der Waals surface area (Å²) in [6.45, 7) is 6.56. The number of nitrogens with zero attached hydrogens (tertiary/aromatic N) is 1. The lowest BCUT2D eigenvalue weighted by atomic mass is 10.0. The molecule has 3 aromatic carbocycles. The van der Waals surface area contributed by atoms with Gasteiger partial charge in [0.2, 0.25) is 0 Å². The predicted octanol–water partition coefficient (Wildman–Crippen LogP) is 7.51. The van der Waals surface area contributed by atoms with Crippen LogP contribution in [0.3, 0.4) is 0 Å². The Hall–Kier alpha value is -2.01. The highest BCUT2D eigenvalue weighted by atomic mass is 127. The SMILES string of the molecule is Cc1cccc2c1oc1c(N(I)c3ccccc3C(C)C)cccc12. The highest BCUT2D eigenvalue weighted by Crippen LogP contribution is 2.42. The van der Waals surface area contributed by atoms with Crippen LogP contribution < -0.4 is 3.11 Å². The highest BCUT2D eigenvalue weighted by Gasteiger charge is 2.18. The monoisotopic (exact) mass is 441 g/mol. The Morgan fingerprint density at radius 3 is 2.20 bits per heavy atom. The van der Waals surface area contributed by atoms with Crippen molar-refractivity contribution in [2.45, 2.75) is 26.7 Å². The van der Waals surface area contributed by atoms with Gasteiger partial charge in [0.15, 0.2) is 5.58 Å². The largest absolute Gasteiger partial charge is 0.454 e. The van der Waals surface area contributed by atoms with Crippen LogP contribution in [-0.2, 0) is 0 Å². The maximum Gasteiger partial charge on any atom is 0.159 e. The van der Waals surface area contributed by atoms with Crippen molar-refractivity contribution in [2.24, 2.45) is 0 Å². The first-order valence-corrected chi connectivity index (χ1v) is 9.50. The molecule has 0 aliphatic rings. The van der Waals surface area contributed by atoms with Gasteiger partial charge in [-0.05, 0) is 36.1 Å². The van der Waals surface area contributed by atoms with E-state index in [0.29, 0.717) is 5.92 Å². The zero-order valence-electron chi connectivity index (χ0n) is 14.6. The number of halogens is 1. The molecule has 0 fully saturated rings. The van der Waals surface area contributed by atoms with Gasteiger partial charge in [0.25, 0.3) is 0 Å². The lowest BCUT2D eigenvalue weighted by Crippen LogP contribution is -2.05. The number of para-hydroxylation sites is 3. The maximum absolute atomic E-state index is 6.31. The predicted molar refractivity (Wildman–Crippen MR) is 115 cm³/mol. The molecule has 0 saturated heterocycles. The summed E-state index contributed by atoms with van der Waals surface area (Å²) in [5, 5.41) is 2.35. The van der Waals surface area contributed by atoms with Crippen molar-refractivity contribution in [2.75, 3.05) is 3.11 Å². The standard InChI is InChI=1S/C22H20INO/c1-14(2)16-9-4-5-12-19(16)24(23)20-13-7-11-18-17-10-6-8-15(3)21(17)25-22(18)20/h4-14H,1-3H3. The number of rotatable bonds is 3. The number of hydrogen-bond donors (Lipinski definition) is 0. The minimum atomic E-state index is 0.464. The van der Waals surface area contributed by atoms with Gasteiger partial charge in [-0.2, -0.15) is 0 Å². The van der Waals surface area contributed by atoms with Crippen molar-refractivity contribution in [1.82, 2.24) is 0 Å². The second kappa shape index (κ2) is 6.37. The molecule has 2 nitrogen and oxygen atoms in total. The van der Waals surface area contributed by atoms with Crippen LogP contribution >= 0.6 is 22.9 Å². The first-order valence-electron chi connectivity index (χ1n) is 8.53. The number of hydrogen-bond acceptors (Lipinski definition) is 2. The molecule has 0 radical (unpaired) electrons. The normalized spacial score (nSPS) is 11.6. The zero-order chi connectivity index (χ0) is 17.6. The lowest BCUT2D eigenvalue weighted by Gasteiger charge is -2.22. The molecule has 0 N–H and O–H groups in total. The van der Waals surface area contributed by atoms with Gasteiger partial charge in [-0.1, -0.05) is 62.4 Å². The van der Waals surface area contributed by atoms with Gasteiger partial charge in [-0.15, -0.1) is 0 Å². The summed E-state index contributed by atoms with van der Waals surface area (Å²) in [6, 6.07) is 21.3. The average molecular weight is 441 g/mol. The van der Waals surface area contributed by atoms with Crippen molar-refractivity contribution in [1.29, 1.82) is 0 Å². The zero-order valence-corrected chi connectivity index (χ0v) is 16.7. The summed E-state index contributed by atoms with van der Waals surface area (Å²) in [5.41, 5.74) is 6.72. The van der Waals surface area contributed by atoms with Crippen LogP contribution in [0.2, 0.25) is 0 Å². The van der Waals surface area contributed by atoms with Crippen LogP contribution in [0, 0.1) is 6.92 Å². The van der Waals surface area contributed by atoms with Gasteiger partial charge in [0.05, 0.1) is 34.2 Å². The number of aryl methyl sites for hydroxylation is 1. The molecular formula is C22H20INO.